The molecule has 206 valence electrons. The van der Waals surface area contributed by atoms with E-state index in [1.807, 2.05) is 0 Å². The number of nitrogens with one attached hydrogen (secondary N) is 1. The number of methoxy groups -OCH3 is 1. The third kappa shape index (κ3) is 5.61. The van der Waals surface area contributed by atoms with E-state index in [-0.39, 0.29) is 29.0 Å². The second-order valence-electron chi connectivity index (χ2n) is 8.86. The minimum absolute atomic E-state index is 0.169. The smallest absolute Gasteiger partial charge is 0.436 e. The summed E-state index contributed by atoms with van der Waals surface area (Å²) in [5.41, 5.74) is -2.15. The number of carbonyl (C=O) groups is 2. The number of rotatable bonds is 6. The summed E-state index contributed by atoms with van der Waals surface area (Å²) in [6, 6.07) is 9.57. The van der Waals surface area contributed by atoms with Crippen LogP contribution in [0.2, 0.25) is 0 Å². The molecule has 39 heavy (non-hydrogen) atoms. The Balaban J connectivity index is 1.73. The van der Waals surface area contributed by atoms with Crippen molar-refractivity contribution in [3.63, 3.8) is 0 Å². The fraction of sp³-hybridized carbons (Fsp3) is 0.269. The number of aryl methyl sites for hydroxylation is 1. The van der Waals surface area contributed by atoms with E-state index < -0.39 is 47.1 Å². The maximum Gasteiger partial charge on any atom is 0.436 e. The summed E-state index contributed by atoms with van der Waals surface area (Å²) in [4.78, 5) is 24.9. The van der Waals surface area contributed by atoms with Crippen molar-refractivity contribution in [3.8, 4) is 0 Å². The number of benzene rings is 2. The minimum Gasteiger partial charge on any atom is -0.465 e. The molecule has 0 fully saturated rings. The summed E-state index contributed by atoms with van der Waals surface area (Å²) in [5, 5.41) is 6.15. The molecule has 0 aliphatic heterocycles. The Morgan fingerprint density at radius 2 is 1.69 bits per heavy atom. The van der Waals surface area contributed by atoms with Gasteiger partial charge < -0.3 is 14.6 Å². The quantitative estimate of drug-likeness (QED) is 0.242. The number of amides is 1. The first-order valence-corrected chi connectivity index (χ1v) is 11.5. The van der Waals surface area contributed by atoms with Gasteiger partial charge >= 0.3 is 18.3 Å². The number of fused-ring (bicyclic) bond motifs is 1. The zero-order valence-corrected chi connectivity index (χ0v) is 20.8. The molecule has 0 aliphatic rings. The molecule has 1 N–H and O–H groups in total. The number of hydrogen-bond acceptors (Lipinski definition) is 4. The van der Waals surface area contributed by atoms with Crippen LogP contribution in [0, 0.1) is 6.92 Å². The van der Waals surface area contributed by atoms with Gasteiger partial charge in [-0.05, 0) is 49.2 Å². The number of halogens is 6. The molecule has 2 aromatic carbocycles. The monoisotopic (exact) mass is 552 g/mol. The molecule has 0 saturated heterocycles. The summed E-state index contributed by atoms with van der Waals surface area (Å²) in [6.45, 7) is 2.77. The van der Waals surface area contributed by atoms with Crippen LogP contribution in [0.25, 0.3) is 5.65 Å². The number of aromatic nitrogens is 3. The van der Waals surface area contributed by atoms with Gasteiger partial charge in [-0.2, -0.15) is 31.4 Å². The van der Waals surface area contributed by atoms with E-state index in [1.165, 1.54) is 61.2 Å². The highest BCUT2D eigenvalue weighted by molar-refractivity contribution is 6.01. The van der Waals surface area contributed by atoms with Crippen molar-refractivity contribution in [1.29, 1.82) is 0 Å². The zero-order chi connectivity index (χ0) is 28.7. The standard InChI is InChI=1S/C26H22F6N4O3/c1-14-12-35(13-16-5-4-6-19(11-16)25(27,28)29)23-20(21(26(30,31)32)34-36(14)23)22(37)33-15(2)17-7-9-18(10-8-17)24(38)39-3/h4-12,15H,13H2,1-3H3,(H,33,37)/t15-/m0/s1. The molecule has 0 aliphatic carbocycles. The van der Waals surface area contributed by atoms with Crippen LogP contribution in [0.15, 0.2) is 54.7 Å². The molecule has 0 spiro atoms. The zero-order valence-electron chi connectivity index (χ0n) is 20.8. The Kier molecular flexibility index (Phi) is 7.19. The molecular formula is C26H22F6N4O3. The Hall–Kier alpha value is -4.29. The van der Waals surface area contributed by atoms with Crippen LogP contribution in [0.1, 0.15) is 61.8 Å². The molecular weight excluding hydrogens is 530 g/mol. The lowest BCUT2D eigenvalue weighted by Crippen LogP contribution is -2.29. The number of nitrogens with zero attached hydrogens (tertiary/aromatic N) is 3. The number of hydrogen-bond donors (Lipinski definition) is 1. The molecule has 4 aromatic rings. The van der Waals surface area contributed by atoms with Crippen LogP contribution in [0.4, 0.5) is 26.3 Å². The molecule has 0 unspecified atom stereocenters. The highest BCUT2D eigenvalue weighted by Crippen LogP contribution is 2.35. The van der Waals surface area contributed by atoms with E-state index >= 15 is 0 Å². The van der Waals surface area contributed by atoms with Crippen LogP contribution in [0.3, 0.4) is 0 Å². The fourth-order valence-electron chi connectivity index (χ4n) is 4.21. The van der Waals surface area contributed by atoms with Crippen molar-refractivity contribution in [1.82, 2.24) is 19.5 Å². The van der Waals surface area contributed by atoms with E-state index in [4.69, 9.17) is 0 Å². The van der Waals surface area contributed by atoms with Gasteiger partial charge in [0, 0.05) is 12.7 Å². The van der Waals surface area contributed by atoms with Crippen LogP contribution in [-0.4, -0.2) is 33.2 Å². The molecule has 2 heterocycles. The molecule has 7 nitrogen and oxygen atoms in total. The third-order valence-electron chi connectivity index (χ3n) is 6.09. The third-order valence-corrected chi connectivity index (χ3v) is 6.09. The molecule has 4 rings (SSSR count). The predicted octanol–water partition coefficient (Wildman–Crippen LogP) is 5.81. The van der Waals surface area contributed by atoms with Crippen molar-refractivity contribution >= 4 is 17.5 Å². The molecule has 0 saturated carbocycles. The number of ether oxygens (including phenoxy) is 1. The molecule has 0 radical (unpaired) electrons. The molecule has 1 atom stereocenters. The van der Waals surface area contributed by atoms with Gasteiger partial charge in [-0.15, -0.1) is 0 Å². The van der Waals surface area contributed by atoms with Gasteiger partial charge in [0.1, 0.15) is 11.2 Å². The van der Waals surface area contributed by atoms with Gasteiger partial charge in [0.05, 0.1) is 30.0 Å². The summed E-state index contributed by atoms with van der Waals surface area (Å²) >= 11 is 0. The Morgan fingerprint density at radius 3 is 2.28 bits per heavy atom. The molecule has 0 bridgehead atoms. The first-order chi connectivity index (χ1) is 18.2. The lowest BCUT2D eigenvalue weighted by molar-refractivity contribution is -0.141. The van der Waals surface area contributed by atoms with E-state index in [2.05, 4.69) is 15.2 Å². The fourth-order valence-corrected chi connectivity index (χ4v) is 4.21. The lowest BCUT2D eigenvalue weighted by Gasteiger charge is -2.16. The summed E-state index contributed by atoms with van der Waals surface area (Å²) < 4.78 is 88.3. The van der Waals surface area contributed by atoms with Crippen molar-refractivity contribution in [2.45, 2.75) is 38.8 Å². The largest absolute Gasteiger partial charge is 0.465 e. The van der Waals surface area contributed by atoms with Crippen molar-refractivity contribution < 1.29 is 40.7 Å². The van der Waals surface area contributed by atoms with Crippen molar-refractivity contribution in [3.05, 3.63) is 93.9 Å². The van der Waals surface area contributed by atoms with Crippen molar-refractivity contribution in [2.24, 2.45) is 0 Å². The van der Waals surface area contributed by atoms with E-state index in [9.17, 15) is 35.9 Å². The predicted molar refractivity (Wildman–Crippen MR) is 127 cm³/mol. The highest BCUT2D eigenvalue weighted by Gasteiger charge is 2.42. The van der Waals surface area contributed by atoms with Gasteiger partial charge in [0.25, 0.3) is 5.91 Å². The van der Waals surface area contributed by atoms with E-state index in [1.54, 1.807) is 6.92 Å². The van der Waals surface area contributed by atoms with E-state index in [0.717, 1.165) is 16.6 Å². The second-order valence-corrected chi connectivity index (χ2v) is 8.86. The number of alkyl halides is 6. The summed E-state index contributed by atoms with van der Waals surface area (Å²) in [7, 11) is 1.22. The first kappa shape index (κ1) is 27.7. The average molecular weight is 552 g/mol. The van der Waals surface area contributed by atoms with Gasteiger partial charge in [-0.3, -0.25) is 4.79 Å². The lowest BCUT2D eigenvalue weighted by atomic mass is 10.1. The molecule has 1 amide bonds. The molecule has 2 aromatic heterocycles. The highest BCUT2D eigenvalue weighted by atomic mass is 19.4. The first-order valence-electron chi connectivity index (χ1n) is 11.5. The normalized spacial score (nSPS) is 12.9. The summed E-state index contributed by atoms with van der Waals surface area (Å²) in [6.07, 6.45) is -8.18. The maximum atomic E-state index is 14.0. The van der Waals surface area contributed by atoms with Crippen LogP contribution >= 0.6 is 0 Å². The molecule has 13 heteroatoms. The number of imidazole rings is 1. The summed E-state index contributed by atoms with van der Waals surface area (Å²) in [5.74, 6) is -1.66. The Labute approximate surface area is 218 Å². The minimum atomic E-state index is -4.99. The number of esters is 1. The van der Waals surface area contributed by atoms with Crippen LogP contribution < -0.4 is 5.32 Å². The van der Waals surface area contributed by atoms with Gasteiger partial charge in [0.15, 0.2) is 5.69 Å². The average Bonchev–Trinajstić information content (AvgIpc) is 3.41. The second kappa shape index (κ2) is 10.1. The topological polar surface area (TPSA) is 77.6 Å². The van der Waals surface area contributed by atoms with Crippen LogP contribution in [0.5, 0.6) is 0 Å². The van der Waals surface area contributed by atoms with Crippen LogP contribution in [-0.2, 0) is 23.6 Å². The van der Waals surface area contributed by atoms with Crippen molar-refractivity contribution in [2.75, 3.05) is 7.11 Å². The van der Waals surface area contributed by atoms with Gasteiger partial charge in [-0.25, -0.2) is 9.31 Å². The van der Waals surface area contributed by atoms with Gasteiger partial charge in [0.2, 0.25) is 0 Å². The van der Waals surface area contributed by atoms with E-state index in [0.29, 0.717) is 5.56 Å². The maximum absolute atomic E-state index is 14.0. The SMILES string of the molecule is COC(=O)c1ccc([C@H](C)NC(=O)c2c(C(F)(F)F)nn3c(C)cn(Cc4cccc(C(F)(F)F)c4)c23)cc1. The van der Waals surface area contributed by atoms with Gasteiger partial charge in [-0.1, -0.05) is 24.3 Å². The Bertz CT molecular complexity index is 1530. The number of carbonyl (C=O) groups excluding carboxylic acids is 2. The Morgan fingerprint density at radius 1 is 1.03 bits per heavy atom.